The number of benzene rings is 3. The lowest BCUT2D eigenvalue weighted by Crippen LogP contribution is -2.48. The van der Waals surface area contributed by atoms with E-state index in [-0.39, 0.29) is 11.8 Å². The van der Waals surface area contributed by atoms with Crippen molar-refractivity contribution in [1.82, 2.24) is 10.6 Å². The molecule has 8 heteroatoms. The largest absolute Gasteiger partial charge is 0.497 e. The minimum atomic E-state index is -0.740. The van der Waals surface area contributed by atoms with Crippen molar-refractivity contribution in [1.29, 1.82) is 0 Å². The minimum Gasteiger partial charge on any atom is -0.497 e. The van der Waals surface area contributed by atoms with E-state index < -0.39 is 6.04 Å². The van der Waals surface area contributed by atoms with Gasteiger partial charge in [0.05, 0.1) is 26.9 Å². The molecule has 0 bridgehead atoms. The van der Waals surface area contributed by atoms with Gasteiger partial charge in [-0.2, -0.15) is 0 Å². The van der Waals surface area contributed by atoms with Crippen LogP contribution in [-0.4, -0.2) is 51.3 Å². The SMILES string of the molecule is CCOOCCCCOc1ccc(C[C@H](NC(=O)/C=C/c2ccccc2)C(=O)NCCc2ccc(OC)cc2)cc1. The number of methoxy groups -OCH3 is 1. The zero-order valence-electron chi connectivity index (χ0n) is 23.8. The Balaban J connectivity index is 1.55. The standard InChI is InChI=1S/C33H40N2O6/c1-3-40-41-24-8-7-23-39-30-18-13-28(14-19-30)25-31(35-32(36)20-15-26-9-5-4-6-10-26)33(37)34-22-21-27-11-16-29(38-2)17-12-27/h4-6,9-20,31H,3,7-8,21-25H2,1-2H3,(H,34,37)(H,35,36)/b20-15+/t31-/m0/s1. The van der Waals surface area contributed by atoms with Crippen molar-refractivity contribution in [2.24, 2.45) is 0 Å². The van der Waals surface area contributed by atoms with Gasteiger partial charge in [0.1, 0.15) is 17.5 Å². The van der Waals surface area contributed by atoms with Crippen molar-refractivity contribution in [3.8, 4) is 11.5 Å². The maximum absolute atomic E-state index is 13.2. The van der Waals surface area contributed by atoms with Crippen LogP contribution in [0.15, 0.2) is 84.9 Å². The number of unbranched alkanes of at least 4 members (excludes halogenated alkanes) is 1. The molecule has 0 fully saturated rings. The van der Waals surface area contributed by atoms with Crippen molar-refractivity contribution < 1.29 is 28.8 Å². The highest BCUT2D eigenvalue weighted by Crippen LogP contribution is 2.15. The summed E-state index contributed by atoms with van der Waals surface area (Å²) in [6, 6.07) is 24.1. The molecule has 0 aromatic heterocycles. The molecule has 2 N–H and O–H groups in total. The summed E-state index contributed by atoms with van der Waals surface area (Å²) in [6.45, 7) is 3.95. The van der Waals surface area contributed by atoms with Crippen molar-refractivity contribution in [3.63, 3.8) is 0 Å². The Morgan fingerprint density at radius 2 is 1.51 bits per heavy atom. The Labute approximate surface area is 242 Å². The lowest BCUT2D eigenvalue weighted by molar-refractivity contribution is -0.291. The van der Waals surface area contributed by atoms with Gasteiger partial charge < -0.3 is 20.1 Å². The van der Waals surface area contributed by atoms with Gasteiger partial charge in [-0.25, -0.2) is 9.78 Å². The molecular formula is C33H40N2O6. The van der Waals surface area contributed by atoms with Gasteiger partial charge in [0.15, 0.2) is 0 Å². The van der Waals surface area contributed by atoms with Crippen LogP contribution in [0, 0.1) is 0 Å². The molecule has 3 aromatic rings. The maximum atomic E-state index is 13.2. The third-order valence-electron chi connectivity index (χ3n) is 6.19. The minimum absolute atomic E-state index is 0.241. The molecule has 218 valence electrons. The van der Waals surface area contributed by atoms with E-state index in [2.05, 4.69) is 10.6 Å². The number of amides is 2. The Bertz CT molecular complexity index is 1200. The fourth-order valence-electron chi connectivity index (χ4n) is 3.96. The van der Waals surface area contributed by atoms with Gasteiger partial charge in [0.25, 0.3) is 0 Å². The summed E-state index contributed by atoms with van der Waals surface area (Å²) in [4.78, 5) is 35.8. The van der Waals surface area contributed by atoms with E-state index >= 15 is 0 Å². The Kier molecular flexibility index (Phi) is 14.0. The first-order valence-corrected chi connectivity index (χ1v) is 14.0. The second-order valence-corrected chi connectivity index (χ2v) is 9.33. The molecule has 0 saturated carbocycles. The molecule has 2 amide bonds. The highest BCUT2D eigenvalue weighted by Gasteiger charge is 2.20. The average Bonchev–Trinajstić information content (AvgIpc) is 3.01. The van der Waals surface area contributed by atoms with Crippen LogP contribution in [-0.2, 0) is 32.2 Å². The quantitative estimate of drug-likeness (QED) is 0.0993. The number of hydrogen-bond acceptors (Lipinski definition) is 6. The van der Waals surface area contributed by atoms with Crippen LogP contribution in [0.2, 0.25) is 0 Å². The topological polar surface area (TPSA) is 95.1 Å². The number of rotatable bonds is 18. The molecule has 0 saturated heterocycles. The summed E-state index contributed by atoms with van der Waals surface area (Å²) in [7, 11) is 1.63. The first-order chi connectivity index (χ1) is 20.1. The number of carbonyl (C=O) groups excluding carboxylic acids is 2. The van der Waals surface area contributed by atoms with Gasteiger partial charge in [-0.1, -0.05) is 54.6 Å². The van der Waals surface area contributed by atoms with Crippen LogP contribution >= 0.6 is 0 Å². The van der Waals surface area contributed by atoms with E-state index in [0.717, 1.165) is 41.0 Å². The number of hydrogen-bond donors (Lipinski definition) is 2. The predicted molar refractivity (Wildman–Crippen MR) is 160 cm³/mol. The number of carbonyl (C=O) groups is 2. The fraction of sp³-hybridized carbons (Fsp3) is 0.333. The van der Waals surface area contributed by atoms with E-state index in [4.69, 9.17) is 19.2 Å². The van der Waals surface area contributed by atoms with Crippen LogP contribution in [0.3, 0.4) is 0 Å². The molecule has 41 heavy (non-hydrogen) atoms. The predicted octanol–water partition coefficient (Wildman–Crippen LogP) is 4.92. The van der Waals surface area contributed by atoms with Crippen LogP contribution in [0.5, 0.6) is 11.5 Å². The second kappa shape index (κ2) is 18.3. The zero-order valence-corrected chi connectivity index (χ0v) is 23.8. The van der Waals surface area contributed by atoms with Gasteiger partial charge >= 0.3 is 0 Å². The molecule has 0 spiro atoms. The fourth-order valence-corrected chi connectivity index (χ4v) is 3.96. The number of nitrogens with one attached hydrogen (secondary N) is 2. The van der Waals surface area contributed by atoms with E-state index in [1.165, 1.54) is 6.08 Å². The molecule has 3 aromatic carbocycles. The van der Waals surface area contributed by atoms with Gasteiger partial charge in [-0.05, 0) is 73.2 Å². The van der Waals surface area contributed by atoms with Crippen LogP contribution in [0.25, 0.3) is 6.08 Å². The normalized spacial score (nSPS) is 11.7. The molecule has 3 rings (SSSR count). The van der Waals surface area contributed by atoms with E-state index in [1.807, 2.05) is 85.8 Å². The van der Waals surface area contributed by atoms with Gasteiger partial charge in [-0.3, -0.25) is 9.59 Å². The van der Waals surface area contributed by atoms with E-state index in [0.29, 0.717) is 39.2 Å². The third-order valence-corrected chi connectivity index (χ3v) is 6.19. The third kappa shape index (κ3) is 12.3. The Hall–Kier alpha value is -4.14. The maximum Gasteiger partial charge on any atom is 0.244 e. The molecular weight excluding hydrogens is 520 g/mol. The monoisotopic (exact) mass is 560 g/mol. The summed E-state index contributed by atoms with van der Waals surface area (Å²) < 4.78 is 11.0. The molecule has 0 heterocycles. The Morgan fingerprint density at radius 3 is 2.22 bits per heavy atom. The highest BCUT2D eigenvalue weighted by atomic mass is 17.2. The van der Waals surface area contributed by atoms with Gasteiger partial charge in [0.2, 0.25) is 11.8 Å². The molecule has 0 unspecified atom stereocenters. The molecule has 1 atom stereocenters. The zero-order chi connectivity index (χ0) is 29.1. The highest BCUT2D eigenvalue weighted by molar-refractivity contribution is 5.95. The summed E-state index contributed by atoms with van der Waals surface area (Å²) in [5.41, 5.74) is 2.89. The summed E-state index contributed by atoms with van der Waals surface area (Å²) in [6.07, 6.45) is 5.86. The summed E-state index contributed by atoms with van der Waals surface area (Å²) in [5, 5.41) is 5.84. The van der Waals surface area contributed by atoms with Crippen molar-refractivity contribution in [2.75, 3.05) is 33.5 Å². The lowest BCUT2D eigenvalue weighted by Gasteiger charge is -2.18. The van der Waals surface area contributed by atoms with Crippen LogP contribution < -0.4 is 20.1 Å². The first-order valence-electron chi connectivity index (χ1n) is 14.0. The average molecular weight is 561 g/mol. The van der Waals surface area contributed by atoms with E-state index in [9.17, 15) is 9.59 Å². The van der Waals surface area contributed by atoms with Crippen molar-refractivity contribution in [3.05, 3.63) is 102 Å². The first kappa shape index (κ1) is 31.4. The number of ether oxygens (including phenoxy) is 2. The molecule has 8 nitrogen and oxygen atoms in total. The van der Waals surface area contributed by atoms with Gasteiger partial charge in [0, 0.05) is 19.0 Å². The van der Waals surface area contributed by atoms with Crippen LogP contribution in [0.1, 0.15) is 36.5 Å². The van der Waals surface area contributed by atoms with Gasteiger partial charge in [-0.15, -0.1) is 0 Å². The molecule has 0 aliphatic rings. The van der Waals surface area contributed by atoms with Crippen molar-refractivity contribution >= 4 is 17.9 Å². The Morgan fingerprint density at radius 1 is 0.829 bits per heavy atom. The summed E-state index contributed by atoms with van der Waals surface area (Å²) >= 11 is 0. The summed E-state index contributed by atoms with van der Waals surface area (Å²) in [5.74, 6) is 0.953. The molecule has 0 radical (unpaired) electrons. The smallest absolute Gasteiger partial charge is 0.244 e. The van der Waals surface area contributed by atoms with E-state index in [1.54, 1.807) is 13.2 Å². The molecule has 0 aliphatic heterocycles. The van der Waals surface area contributed by atoms with Crippen molar-refractivity contribution in [2.45, 2.75) is 38.6 Å². The second-order valence-electron chi connectivity index (χ2n) is 9.33. The lowest BCUT2D eigenvalue weighted by atomic mass is 10.0. The molecule has 0 aliphatic carbocycles. The van der Waals surface area contributed by atoms with Crippen LogP contribution in [0.4, 0.5) is 0 Å².